The highest BCUT2D eigenvalue weighted by molar-refractivity contribution is 5.05. The Morgan fingerprint density at radius 3 is 2.90 bits per heavy atom. The Balaban J connectivity index is 1.71. The van der Waals surface area contributed by atoms with Crippen LogP contribution in [0.4, 0.5) is 0 Å². The predicted molar refractivity (Wildman–Crippen MR) is 86.3 cm³/mol. The third-order valence-electron chi connectivity index (χ3n) is 5.53. The predicted octanol–water partition coefficient (Wildman–Crippen LogP) is 2.96. The SMILES string of the molecule is CCC(C)n1ccc(CN2CCNCC23CCCCC3)n1. The molecule has 0 radical (unpaired) electrons. The first-order chi connectivity index (χ1) is 10.2. The van der Waals surface area contributed by atoms with Crippen LogP contribution < -0.4 is 5.32 Å². The van der Waals surface area contributed by atoms with Crippen LogP contribution in [-0.2, 0) is 6.54 Å². The quantitative estimate of drug-likeness (QED) is 0.925. The van der Waals surface area contributed by atoms with Crippen molar-refractivity contribution in [2.24, 2.45) is 0 Å². The van der Waals surface area contributed by atoms with Crippen molar-refractivity contribution in [3.05, 3.63) is 18.0 Å². The van der Waals surface area contributed by atoms with Crippen LogP contribution in [0.1, 0.15) is 64.1 Å². The summed E-state index contributed by atoms with van der Waals surface area (Å²) >= 11 is 0. The van der Waals surface area contributed by atoms with E-state index in [4.69, 9.17) is 5.10 Å². The molecule has 118 valence electrons. The summed E-state index contributed by atoms with van der Waals surface area (Å²) in [5.74, 6) is 0. The summed E-state index contributed by atoms with van der Waals surface area (Å²) in [6, 6.07) is 2.72. The highest BCUT2D eigenvalue weighted by Crippen LogP contribution is 2.35. The van der Waals surface area contributed by atoms with Crippen LogP contribution in [0.25, 0.3) is 0 Å². The highest BCUT2D eigenvalue weighted by Gasteiger charge is 2.39. The molecule has 3 rings (SSSR count). The smallest absolute Gasteiger partial charge is 0.0765 e. The summed E-state index contributed by atoms with van der Waals surface area (Å²) in [5, 5.41) is 8.43. The van der Waals surface area contributed by atoms with E-state index in [1.807, 2.05) is 0 Å². The van der Waals surface area contributed by atoms with Crippen LogP contribution in [0, 0.1) is 0 Å². The molecule has 1 aromatic heterocycles. The first kappa shape index (κ1) is 15.0. The summed E-state index contributed by atoms with van der Waals surface area (Å²) in [6.07, 6.45) is 10.2. The molecule has 1 aromatic rings. The lowest BCUT2D eigenvalue weighted by Gasteiger charge is -2.49. The number of piperazine rings is 1. The number of rotatable bonds is 4. The number of hydrogen-bond acceptors (Lipinski definition) is 3. The van der Waals surface area contributed by atoms with Crippen molar-refractivity contribution in [2.45, 2.75) is 70.5 Å². The minimum Gasteiger partial charge on any atom is -0.314 e. The van der Waals surface area contributed by atoms with Crippen LogP contribution >= 0.6 is 0 Å². The van der Waals surface area contributed by atoms with Gasteiger partial charge in [-0.2, -0.15) is 5.10 Å². The second-order valence-corrected chi connectivity index (χ2v) is 6.93. The lowest BCUT2D eigenvalue weighted by atomic mass is 9.79. The fraction of sp³-hybridized carbons (Fsp3) is 0.824. The Bertz CT molecular complexity index is 439. The van der Waals surface area contributed by atoms with Gasteiger partial charge in [0.15, 0.2) is 0 Å². The Labute approximate surface area is 128 Å². The maximum Gasteiger partial charge on any atom is 0.0765 e. The summed E-state index contributed by atoms with van der Waals surface area (Å²) in [6.45, 7) is 8.93. The normalized spacial score (nSPS) is 24.3. The number of nitrogens with zero attached hydrogens (tertiary/aromatic N) is 3. The van der Waals surface area contributed by atoms with Gasteiger partial charge in [-0.3, -0.25) is 9.58 Å². The van der Waals surface area contributed by atoms with Crippen LogP contribution in [0.3, 0.4) is 0 Å². The summed E-state index contributed by atoms with van der Waals surface area (Å²) in [5.41, 5.74) is 1.64. The number of nitrogens with one attached hydrogen (secondary N) is 1. The Morgan fingerprint density at radius 2 is 2.14 bits per heavy atom. The first-order valence-electron chi connectivity index (χ1n) is 8.73. The van der Waals surface area contributed by atoms with E-state index in [9.17, 15) is 0 Å². The van der Waals surface area contributed by atoms with E-state index in [2.05, 4.69) is 41.0 Å². The molecule has 1 saturated carbocycles. The molecule has 2 aliphatic rings. The van der Waals surface area contributed by atoms with Crippen LogP contribution in [0.5, 0.6) is 0 Å². The van der Waals surface area contributed by atoms with Crippen molar-refractivity contribution in [1.82, 2.24) is 20.0 Å². The molecule has 1 aliphatic heterocycles. The van der Waals surface area contributed by atoms with E-state index in [-0.39, 0.29) is 0 Å². The van der Waals surface area contributed by atoms with Crippen molar-refractivity contribution in [3.8, 4) is 0 Å². The van der Waals surface area contributed by atoms with Gasteiger partial charge in [0.1, 0.15) is 0 Å². The molecule has 1 N–H and O–H groups in total. The van der Waals surface area contributed by atoms with E-state index in [1.165, 1.54) is 44.3 Å². The number of aromatic nitrogens is 2. The van der Waals surface area contributed by atoms with Gasteiger partial charge in [-0.15, -0.1) is 0 Å². The van der Waals surface area contributed by atoms with Gasteiger partial charge in [-0.1, -0.05) is 26.2 Å². The van der Waals surface area contributed by atoms with Crippen molar-refractivity contribution in [1.29, 1.82) is 0 Å². The third kappa shape index (κ3) is 3.16. The Hall–Kier alpha value is -0.870. The zero-order valence-corrected chi connectivity index (χ0v) is 13.6. The summed E-state index contributed by atoms with van der Waals surface area (Å²) < 4.78 is 2.13. The average molecular weight is 290 g/mol. The fourth-order valence-corrected chi connectivity index (χ4v) is 3.92. The molecule has 0 bridgehead atoms. The fourth-order valence-electron chi connectivity index (χ4n) is 3.92. The lowest BCUT2D eigenvalue weighted by molar-refractivity contribution is 0.0198. The molecule has 0 aromatic carbocycles. The second kappa shape index (κ2) is 6.49. The van der Waals surface area contributed by atoms with Crippen molar-refractivity contribution >= 4 is 0 Å². The monoisotopic (exact) mass is 290 g/mol. The van der Waals surface area contributed by atoms with Crippen LogP contribution in [-0.4, -0.2) is 39.9 Å². The minimum atomic E-state index is 0.399. The molecule has 2 fully saturated rings. The molecule has 4 heteroatoms. The lowest BCUT2D eigenvalue weighted by Crippen LogP contribution is -2.61. The van der Waals surface area contributed by atoms with Crippen LogP contribution in [0.2, 0.25) is 0 Å². The first-order valence-corrected chi connectivity index (χ1v) is 8.73. The van der Waals surface area contributed by atoms with Crippen molar-refractivity contribution in [2.75, 3.05) is 19.6 Å². The zero-order chi connectivity index (χ0) is 14.7. The van der Waals surface area contributed by atoms with Crippen LogP contribution in [0.15, 0.2) is 12.3 Å². The molecule has 21 heavy (non-hydrogen) atoms. The Kier molecular flexibility index (Phi) is 4.65. The minimum absolute atomic E-state index is 0.399. The van der Waals surface area contributed by atoms with Gasteiger partial charge in [-0.25, -0.2) is 0 Å². The molecule has 2 heterocycles. The molecule has 1 unspecified atom stereocenters. The molecule has 1 spiro atoms. The molecule has 1 atom stereocenters. The zero-order valence-electron chi connectivity index (χ0n) is 13.6. The van der Waals surface area contributed by atoms with Gasteiger partial charge in [-0.05, 0) is 32.3 Å². The molecule has 1 saturated heterocycles. The van der Waals surface area contributed by atoms with Gasteiger partial charge in [0.25, 0.3) is 0 Å². The topological polar surface area (TPSA) is 33.1 Å². The van der Waals surface area contributed by atoms with Gasteiger partial charge in [0.05, 0.1) is 5.69 Å². The third-order valence-corrected chi connectivity index (χ3v) is 5.53. The molecular formula is C17H30N4. The number of hydrogen-bond donors (Lipinski definition) is 1. The second-order valence-electron chi connectivity index (χ2n) is 6.93. The average Bonchev–Trinajstić information content (AvgIpc) is 2.98. The summed E-state index contributed by atoms with van der Waals surface area (Å²) in [7, 11) is 0. The van der Waals surface area contributed by atoms with Gasteiger partial charge >= 0.3 is 0 Å². The van der Waals surface area contributed by atoms with Crippen molar-refractivity contribution < 1.29 is 0 Å². The van der Waals surface area contributed by atoms with Gasteiger partial charge < -0.3 is 5.32 Å². The van der Waals surface area contributed by atoms with E-state index in [0.717, 1.165) is 26.1 Å². The molecule has 0 amide bonds. The van der Waals surface area contributed by atoms with Gasteiger partial charge in [0, 0.05) is 44.0 Å². The molecular weight excluding hydrogens is 260 g/mol. The van der Waals surface area contributed by atoms with E-state index in [0.29, 0.717) is 11.6 Å². The van der Waals surface area contributed by atoms with E-state index < -0.39 is 0 Å². The maximum atomic E-state index is 4.81. The van der Waals surface area contributed by atoms with E-state index in [1.54, 1.807) is 0 Å². The summed E-state index contributed by atoms with van der Waals surface area (Å²) in [4.78, 5) is 2.71. The Morgan fingerprint density at radius 1 is 1.33 bits per heavy atom. The van der Waals surface area contributed by atoms with Crippen molar-refractivity contribution in [3.63, 3.8) is 0 Å². The largest absolute Gasteiger partial charge is 0.314 e. The highest BCUT2D eigenvalue weighted by atomic mass is 15.3. The van der Waals surface area contributed by atoms with E-state index >= 15 is 0 Å². The molecule has 1 aliphatic carbocycles. The maximum absolute atomic E-state index is 4.81. The standard InChI is InChI=1S/C17H30N4/c1-3-15(2)21-11-7-16(19-21)13-20-12-10-18-14-17(20)8-5-4-6-9-17/h7,11,15,18H,3-6,8-10,12-14H2,1-2H3. The molecule has 4 nitrogen and oxygen atoms in total. The van der Waals surface area contributed by atoms with Gasteiger partial charge in [0.2, 0.25) is 0 Å².